The Hall–Kier alpha value is -3.13. The monoisotopic (exact) mass is 456 g/mol. The van der Waals surface area contributed by atoms with E-state index in [0.29, 0.717) is 17.4 Å². The maximum absolute atomic E-state index is 12.4. The highest BCUT2D eigenvalue weighted by Gasteiger charge is 2.19. The maximum Gasteiger partial charge on any atom is 0.341 e. The molecule has 0 radical (unpaired) electrons. The van der Waals surface area contributed by atoms with Gasteiger partial charge in [0, 0.05) is 31.9 Å². The number of benzene rings is 1. The number of ether oxygens (including phenoxy) is 1. The molecule has 3 heterocycles. The number of carboxylic acid groups (broad SMARTS) is 1. The molecular weight excluding hydrogens is 432 g/mol. The van der Waals surface area contributed by atoms with Crippen LogP contribution in [0.3, 0.4) is 0 Å². The number of aliphatic carboxylic acids is 1. The van der Waals surface area contributed by atoms with Gasteiger partial charge in [-0.25, -0.2) is 14.8 Å². The quantitative estimate of drug-likeness (QED) is 0.607. The van der Waals surface area contributed by atoms with E-state index in [4.69, 9.17) is 26.4 Å². The molecule has 1 fully saturated rings. The summed E-state index contributed by atoms with van der Waals surface area (Å²) in [4.78, 5) is 34.6. The van der Waals surface area contributed by atoms with Crippen molar-refractivity contribution in [2.75, 3.05) is 24.6 Å². The summed E-state index contributed by atoms with van der Waals surface area (Å²) in [7, 11) is 1.63. The predicted molar refractivity (Wildman–Crippen MR) is 123 cm³/mol. The van der Waals surface area contributed by atoms with E-state index in [-0.39, 0.29) is 11.3 Å². The lowest BCUT2D eigenvalue weighted by Crippen LogP contribution is -2.34. The van der Waals surface area contributed by atoms with Crippen molar-refractivity contribution in [3.8, 4) is 5.75 Å². The van der Waals surface area contributed by atoms with E-state index in [0.717, 1.165) is 54.0 Å². The van der Waals surface area contributed by atoms with E-state index in [2.05, 4.69) is 16.8 Å². The number of carboxylic acids is 1. The lowest BCUT2D eigenvalue weighted by Gasteiger charge is -2.30. The SMILES string of the molecule is CC1CCN(c2ncc(Cl)c(Cc3ccc4c(c3)cc(OCC(=O)O)c(=O)n4C)n2)CC1. The van der Waals surface area contributed by atoms with Crippen molar-refractivity contribution in [2.45, 2.75) is 26.2 Å². The molecular formula is C23H25ClN4O4. The minimum Gasteiger partial charge on any atom is -0.479 e. The highest BCUT2D eigenvalue weighted by atomic mass is 35.5. The Labute approximate surface area is 190 Å². The second-order valence-electron chi connectivity index (χ2n) is 8.26. The Balaban J connectivity index is 1.62. The smallest absolute Gasteiger partial charge is 0.341 e. The number of nitrogens with zero attached hydrogens (tertiary/aromatic N) is 4. The zero-order chi connectivity index (χ0) is 22.8. The number of hydrogen-bond donors (Lipinski definition) is 1. The minimum atomic E-state index is -1.14. The van der Waals surface area contributed by atoms with Crippen LogP contribution in [0.25, 0.3) is 10.9 Å². The molecule has 168 valence electrons. The average Bonchev–Trinajstić information content (AvgIpc) is 2.77. The minimum absolute atomic E-state index is 0.00114. The van der Waals surface area contributed by atoms with Crippen LogP contribution in [0.1, 0.15) is 31.0 Å². The molecule has 4 rings (SSSR count). The number of aryl methyl sites for hydroxylation is 1. The van der Waals surface area contributed by atoms with E-state index in [1.807, 2.05) is 18.2 Å². The van der Waals surface area contributed by atoms with Crippen LogP contribution in [0.2, 0.25) is 5.02 Å². The highest BCUT2D eigenvalue weighted by Crippen LogP contribution is 2.25. The molecule has 1 saturated heterocycles. The Morgan fingerprint density at radius 1 is 1.28 bits per heavy atom. The molecule has 0 spiro atoms. The molecule has 0 bridgehead atoms. The summed E-state index contributed by atoms with van der Waals surface area (Å²) in [6.45, 7) is 3.56. The zero-order valence-corrected chi connectivity index (χ0v) is 18.8. The van der Waals surface area contributed by atoms with Crippen LogP contribution in [-0.2, 0) is 18.3 Å². The van der Waals surface area contributed by atoms with E-state index in [1.54, 1.807) is 19.3 Å². The number of rotatable bonds is 6. The summed E-state index contributed by atoms with van der Waals surface area (Å²) < 4.78 is 6.62. The number of piperidine rings is 1. The molecule has 32 heavy (non-hydrogen) atoms. The number of hydrogen-bond acceptors (Lipinski definition) is 6. The number of anilines is 1. The van der Waals surface area contributed by atoms with Crippen LogP contribution < -0.4 is 15.2 Å². The third kappa shape index (κ3) is 4.70. The van der Waals surface area contributed by atoms with Crippen LogP contribution in [0.15, 0.2) is 35.3 Å². The van der Waals surface area contributed by atoms with E-state index in [9.17, 15) is 9.59 Å². The van der Waals surface area contributed by atoms with Crippen molar-refractivity contribution < 1.29 is 14.6 Å². The average molecular weight is 457 g/mol. The number of pyridine rings is 1. The van der Waals surface area contributed by atoms with E-state index >= 15 is 0 Å². The fourth-order valence-corrected chi connectivity index (χ4v) is 4.08. The van der Waals surface area contributed by atoms with Crippen LogP contribution in [-0.4, -0.2) is 45.3 Å². The van der Waals surface area contributed by atoms with Crippen LogP contribution in [0, 0.1) is 5.92 Å². The fourth-order valence-electron chi connectivity index (χ4n) is 3.93. The second-order valence-corrected chi connectivity index (χ2v) is 8.67. The van der Waals surface area contributed by atoms with Crippen molar-refractivity contribution in [1.82, 2.24) is 14.5 Å². The van der Waals surface area contributed by atoms with Gasteiger partial charge in [-0.2, -0.15) is 0 Å². The van der Waals surface area contributed by atoms with Gasteiger partial charge in [-0.3, -0.25) is 4.79 Å². The summed E-state index contributed by atoms with van der Waals surface area (Å²) in [5.74, 6) is 0.277. The summed E-state index contributed by atoms with van der Waals surface area (Å²) >= 11 is 6.40. The first-order valence-corrected chi connectivity index (χ1v) is 10.9. The van der Waals surface area contributed by atoms with Gasteiger partial charge in [-0.05, 0) is 42.5 Å². The van der Waals surface area contributed by atoms with Crippen LogP contribution >= 0.6 is 11.6 Å². The Morgan fingerprint density at radius 3 is 2.75 bits per heavy atom. The lowest BCUT2D eigenvalue weighted by molar-refractivity contribution is -0.139. The highest BCUT2D eigenvalue weighted by molar-refractivity contribution is 6.31. The van der Waals surface area contributed by atoms with Gasteiger partial charge in [-0.1, -0.05) is 24.6 Å². The number of halogens is 1. The normalized spacial score (nSPS) is 14.7. The first kappa shape index (κ1) is 22.1. The number of fused-ring (bicyclic) bond motifs is 1. The molecule has 9 heteroatoms. The standard InChI is InChI=1S/C23H25ClN4O4/c1-14-5-7-28(8-6-14)23-25-12-17(24)18(26-23)10-15-3-4-19-16(9-15)11-20(22(31)27(19)2)32-13-21(29)30/h3-4,9,11-12,14H,5-8,10,13H2,1-2H3,(H,29,30). The van der Waals surface area contributed by atoms with E-state index in [1.165, 1.54) is 4.57 Å². The topological polar surface area (TPSA) is 97.6 Å². The fraction of sp³-hybridized carbons (Fsp3) is 0.391. The first-order valence-electron chi connectivity index (χ1n) is 10.6. The molecule has 3 aromatic rings. The maximum atomic E-state index is 12.4. The van der Waals surface area contributed by atoms with Crippen molar-refractivity contribution in [3.05, 3.63) is 57.1 Å². The molecule has 2 aromatic heterocycles. The molecule has 1 aliphatic heterocycles. The van der Waals surface area contributed by atoms with Crippen LogP contribution in [0.5, 0.6) is 5.75 Å². The number of carbonyl (C=O) groups is 1. The molecule has 0 aliphatic carbocycles. The van der Waals surface area contributed by atoms with Crippen molar-refractivity contribution in [2.24, 2.45) is 13.0 Å². The Morgan fingerprint density at radius 2 is 2.03 bits per heavy atom. The molecule has 8 nitrogen and oxygen atoms in total. The van der Waals surface area contributed by atoms with Gasteiger partial charge in [0.25, 0.3) is 5.56 Å². The molecule has 0 atom stereocenters. The Kier molecular flexibility index (Phi) is 6.32. The van der Waals surface area contributed by atoms with Gasteiger partial charge in [-0.15, -0.1) is 0 Å². The third-order valence-corrected chi connectivity index (χ3v) is 6.16. The van der Waals surface area contributed by atoms with Gasteiger partial charge < -0.3 is 19.3 Å². The van der Waals surface area contributed by atoms with Gasteiger partial charge in [0.15, 0.2) is 12.4 Å². The lowest BCUT2D eigenvalue weighted by atomic mass is 10.00. The summed E-state index contributed by atoms with van der Waals surface area (Å²) in [5, 5.41) is 10.1. The molecule has 0 amide bonds. The van der Waals surface area contributed by atoms with Gasteiger partial charge in [0.1, 0.15) is 0 Å². The Bertz CT molecular complexity index is 1220. The van der Waals surface area contributed by atoms with Crippen molar-refractivity contribution in [3.63, 3.8) is 0 Å². The molecule has 0 unspecified atom stereocenters. The predicted octanol–water partition coefficient (Wildman–Crippen LogP) is 3.27. The largest absolute Gasteiger partial charge is 0.479 e. The summed E-state index contributed by atoms with van der Waals surface area (Å²) in [6.07, 6.45) is 4.40. The van der Waals surface area contributed by atoms with Gasteiger partial charge in [0.2, 0.25) is 5.95 Å². The van der Waals surface area contributed by atoms with Gasteiger partial charge in [0.05, 0.1) is 22.4 Å². The third-order valence-electron chi connectivity index (χ3n) is 5.85. The summed E-state index contributed by atoms with van der Waals surface area (Å²) in [6, 6.07) is 7.30. The molecule has 1 aromatic carbocycles. The zero-order valence-electron chi connectivity index (χ0n) is 18.0. The first-order chi connectivity index (χ1) is 15.3. The summed E-state index contributed by atoms with van der Waals surface area (Å²) in [5.41, 5.74) is 2.03. The number of aromatic nitrogens is 3. The molecule has 0 saturated carbocycles. The molecule has 1 aliphatic rings. The van der Waals surface area contributed by atoms with Crippen molar-refractivity contribution in [1.29, 1.82) is 0 Å². The van der Waals surface area contributed by atoms with E-state index < -0.39 is 12.6 Å². The van der Waals surface area contributed by atoms with Gasteiger partial charge >= 0.3 is 5.97 Å². The molecule has 1 N–H and O–H groups in total. The second kappa shape index (κ2) is 9.16. The van der Waals surface area contributed by atoms with Crippen molar-refractivity contribution >= 4 is 34.4 Å². The van der Waals surface area contributed by atoms with Crippen LogP contribution in [0.4, 0.5) is 5.95 Å².